The summed E-state index contributed by atoms with van der Waals surface area (Å²) in [5, 5.41) is 13.8. The predicted octanol–water partition coefficient (Wildman–Crippen LogP) is 1.54. The highest BCUT2D eigenvalue weighted by Gasteiger charge is 2.20. The van der Waals surface area contributed by atoms with Gasteiger partial charge in [0.15, 0.2) is 0 Å². The van der Waals surface area contributed by atoms with Gasteiger partial charge in [0.2, 0.25) is 5.13 Å². The second kappa shape index (κ2) is 4.54. The molecular formula is C11H15N5S. The summed E-state index contributed by atoms with van der Waals surface area (Å²) in [4.78, 5) is 4.29. The van der Waals surface area contributed by atoms with Crippen molar-refractivity contribution in [2.24, 2.45) is 0 Å². The van der Waals surface area contributed by atoms with Gasteiger partial charge < -0.3 is 5.32 Å². The first kappa shape index (κ1) is 10.9. The number of nitrogens with zero attached hydrogens (tertiary/aromatic N) is 4. The zero-order valence-electron chi connectivity index (χ0n) is 9.76. The Bertz CT molecular complexity index is 499. The van der Waals surface area contributed by atoms with Gasteiger partial charge in [0.05, 0.1) is 6.54 Å². The third-order valence-electron chi connectivity index (χ3n) is 2.82. The third-order valence-corrected chi connectivity index (χ3v) is 3.74. The number of hydrogen-bond donors (Lipinski definition) is 1. The molecule has 2 aromatic heterocycles. The Balaban J connectivity index is 1.74. The van der Waals surface area contributed by atoms with Gasteiger partial charge in [0, 0.05) is 24.9 Å². The molecule has 6 heteroatoms. The van der Waals surface area contributed by atoms with Crippen LogP contribution < -0.4 is 5.32 Å². The zero-order valence-corrected chi connectivity index (χ0v) is 10.6. The van der Waals surface area contributed by atoms with Crippen LogP contribution in [0.5, 0.6) is 0 Å². The summed E-state index contributed by atoms with van der Waals surface area (Å²) in [6.45, 7) is 2.92. The molecule has 0 spiro atoms. The molecule has 90 valence electrons. The summed E-state index contributed by atoms with van der Waals surface area (Å²) >= 11 is 1.63. The Hall–Kier alpha value is -1.27. The largest absolute Gasteiger partial charge is 0.308 e. The fourth-order valence-corrected chi connectivity index (χ4v) is 2.50. The topological polar surface area (TPSA) is 55.6 Å². The van der Waals surface area contributed by atoms with Gasteiger partial charge in [-0.2, -0.15) is 0 Å². The highest BCUT2D eigenvalue weighted by molar-refractivity contribution is 7.13. The van der Waals surface area contributed by atoms with E-state index < -0.39 is 0 Å². The molecule has 1 fully saturated rings. The molecule has 2 heterocycles. The number of aromatic nitrogens is 4. The van der Waals surface area contributed by atoms with Crippen molar-refractivity contribution in [2.75, 3.05) is 0 Å². The zero-order chi connectivity index (χ0) is 11.7. The van der Waals surface area contributed by atoms with E-state index in [2.05, 4.69) is 27.4 Å². The van der Waals surface area contributed by atoms with Crippen LogP contribution in [-0.4, -0.2) is 25.8 Å². The Morgan fingerprint density at radius 1 is 1.47 bits per heavy atom. The number of nitrogens with one attached hydrogen (secondary N) is 1. The van der Waals surface area contributed by atoms with Crippen molar-refractivity contribution < 1.29 is 0 Å². The molecule has 0 amide bonds. The minimum Gasteiger partial charge on any atom is -0.308 e. The minimum atomic E-state index is 0.710. The maximum Gasteiger partial charge on any atom is 0.217 e. The molecule has 0 radical (unpaired) electrons. The van der Waals surface area contributed by atoms with Crippen LogP contribution in [0.15, 0.2) is 12.4 Å². The van der Waals surface area contributed by atoms with Gasteiger partial charge in [-0.3, -0.25) is 4.57 Å². The highest BCUT2D eigenvalue weighted by atomic mass is 32.1. The monoisotopic (exact) mass is 249 g/mol. The summed E-state index contributed by atoms with van der Waals surface area (Å²) < 4.78 is 2.01. The van der Waals surface area contributed by atoms with Crippen molar-refractivity contribution in [1.82, 2.24) is 25.1 Å². The lowest BCUT2D eigenvalue weighted by Crippen LogP contribution is -2.14. The normalized spacial score (nSPS) is 15.4. The van der Waals surface area contributed by atoms with E-state index in [0.717, 1.165) is 28.9 Å². The summed E-state index contributed by atoms with van der Waals surface area (Å²) in [6.07, 6.45) is 7.25. The van der Waals surface area contributed by atoms with Crippen LogP contribution in [0.25, 0.3) is 5.13 Å². The predicted molar refractivity (Wildman–Crippen MR) is 66.3 cm³/mol. The van der Waals surface area contributed by atoms with Gasteiger partial charge in [0.25, 0.3) is 0 Å². The number of hydrogen-bond acceptors (Lipinski definition) is 5. The highest BCUT2D eigenvalue weighted by Crippen LogP contribution is 2.21. The van der Waals surface area contributed by atoms with Crippen LogP contribution in [-0.2, 0) is 13.0 Å². The van der Waals surface area contributed by atoms with Gasteiger partial charge in [-0.25, -0.2) is 4.98 Å². The molecule has 5 nitrogen and oxygen atoms in total. The van der Waals surface area contributed by atoms with Gasteiger partial charge >= 0.3 is 0 Å². The van der Waals surface area contributed by atoms with Gasteiger partial charge in [-0.05, 0) is 12.8 Å². The lowest BCUT2D eigenvalue weighted by molar-refractivity contribution is 0.678. The maximum atomic E-state index is 4.29. The van der Waals surface area contributed by atoms with E-state index in [4.69, 9.17) is 0 Å². The van der Waals surface area contributed by atoms with E-state index >= 15 is 0 Å². The van der Waals surface area contributed by atoms with Crippen molar-refractivity contribution in [3.8, 4) is 5.13 Å². The molecule has 0 aromatic carbocycles. The van der Waals surface area contributed by atoms with E-state index in [1.165, 1.54) is 12.8 Å². The van der Waals surface area contributed by atoms with Crippen molar-refractivity contribution >= 4 is 11.3 Å². The van der Waals surface area contributed by atoms with Crippen molar-refractivity contribution in [3.63, 3.8) is 0 Å². The van der Waals surface area contributed by atoms with Crippen LogP contribution in [0.4, 0.5) is 0 Å². The molecule has 1 aliphatic carbocycles. The Morgan fingerprint density at radius 3 is 3.12 bits per heavy atom. The van der Waals surface area contributed by atoms with Crippen LogP contribution >= 0.6 is 11.3 Å². The fourth-order valence-electron chi connectivity index (χ4n) is 1.70. The molecule has 3 rings (SSSR count). The molecule has 0 atom stereocenters. The number of rotatable bonds is 5. The van der Waals surface area contributed by atoms with Gasteiger partial charge in [-0.1, -0.05) is 18.3 Å². The van der Waals surface area contributed by atoms with Crippen LogP contribution in [0.2, 0.25) is 0 Å². The van der Waals surface area contributed by atoms with E-state index in [0.29, 0.717) is 6.04 Å². The first-order valence-corrected chi connectivity index (χ1v) is 6.77. The molecule has 1 N–H and O–H groups in total. The molecule has 1 saturated carbocycles. The molecular weight excluding hydrogens is 234 g/mol. The van der Waals surface area contributed by atoms with E-state index in [-0.39, 0.29) is 0 Å². The molecule has 1 aliphatic rings. The lowest BCUT2D eigenvalue weighted by Gasteiger charge is -1.99. The van der Waals surface area contributed by atoms with Crippen molar-refractivity contribution in [2.45, 2.75) is 38.8 Å². The Morgan fingerprint density at radius 2 is 2.35 bits per heavy atom. The maximum absolute atomic E-state index is 4.29. The average Bonchev–Trinajstić information content (AvgIpc) is 2.89. The third kappa shape index (κ3) is 2.37. The van der Waals surface area contributed by atoms with Crippen LogP contribution in [0, 0.1) is 0 Å². The molecule has 0 unspecified atom stereocenters. The van der Waals surface area contributed by atoms with Gasteiger partial charge in [0.1, 0.15) is 10.8 Å². The second-order valence-corrected chi connectivity index (χ2v) is 5.24. The standard InChI is InChI=1S/C11H15N5S/c1-2-9-12-5-6-16(9)11-15-14-10(17-11)7-13-8-3-4-8/h5-6,8,13H,2-4,7H2,1H3. The molecule has 0 saturated heterocycles. The van der Waals surface area contributed by atoms with E-state index in [1.54, 1.807) is 11.3 Å². The molecule has 0 aliphatic heterocycles. The molecule has 17 heavy (non-hydrogen) atoms. The summed E-state index contributed by atoms with van der Waals surface area (Å²) in [5.41, 5.74) is 0. The fraction of sp³-hybridized carbons (Fsp3) is 0.545. The minimum absolute atomic E-state index is 0.710. The van der Waals surface area contributed by atoms with Crippen molar-refractivity contribution in [1.29, 1.82) is 0 Å². The smallest absolute Gasteiger partial charge is 0.217 e. The first-order chi connectivity index (χ1) is 8.36. The molecule has 2 aromatic rings. The van der Waals surface area contributed by atoms with Crippen LogP contribution in [0.1, 0.15) is 30.6 Å². The number of aryl methyl sites for hydroxylation is 1. The SMILES string of the molecule is CCc1nccn1-c1nnc(CNC2CC2)s1. The van der Waals surface area contributed by atoms with Crippen LogP contribution in [0.3, 0.4) is 0 Å². The summed E-state index contributed by atoms with van der Waals surface area (Å²) in [6, 6.07) is 0.710. The van der Waals surface area contributed by atoms with E-state index in [9.17, 15) is 0 Å². The molecule has 0 bridgehead atoms. The summed E-state index contributed by atoms with van der Waals surface area (Å²) in [7, 11) is 0. The van der Waals surface area contributed by atoms with Crippen molar-refractivity contribution in [3.05, 3.63) is 23.2 Å². The lowest BCUT2D eigenvalue weighted by atomic mass is 10.5. The number of imidazole rings is 1. The summed E-state index contributed by atoms with van der Waals surface area (Å²) in [5.74, 6) is 1.03. The average molecular weight is 249 g/mol. The Kier molecular flexibility index (Phi) is 2.90. The first-order valence-electron chi connectivity index (χ1n) is 5.95. The Labute approximate surface area is 104 Å². The quantitative estimate of drug-likeness (QED) is 0.873. The van der Waals surface area contributed by atoms with Gasteiger partial charge in [-0.15, -0.1) is 10.2 Å². The second-order valence-electron chi connectivity index (χ2n) is 4.20. The van der Waals surface area contributed by atoms with E-state index in [1.807, 2.05) is 17.0 Å².